The van der Waals surface area contributed by atoms with E-state index in [0.717, 1.165) is 17.9 Å². The minimum absolute atomic E-state index is 0.938. The van der Waals surface area contributed by atoms with E-state index in [-0.39, 0.29) is 0 Å². The second-order valence-corrected chi connectivity index (χ2v) is 4.81. The van der Waals surface area contributed by atoms with Crippen molar-refractivity contribution >= 4 is 5.69 Å². The molecule has 21 heavy (non-hydrogen) atoms. The number of pyridine rings is 2. The van der Waals surface area contributed by atoms with Crippen molar-refractivity contribution in [2.45, 2.75) is 6.92 Å². The van der Waals surface area contributed by atoms with E-state index in [1.807, 2.05) is 24.5 Å². The zero-order valence-electron chi connectivity index (χ0n) is 12.0. The van der Waals surface area contributed by atoms with Gasteiger partial charge in [-0.25, -0.2) is 0 Å². The molecule has 0 aliphatic carbocycles. The van der Waals surface area contributed by atoms with E-state index in [0.29, 0.717) is 0 Å². The predicted octanol–water partition coefficient (Wildman–Crippen LogP) is 3.46. The molecule has 0 atom stereocenters. The molecule has 0 saturated heterocycles. The van der Waals surface area contributed by atoms with Gasteiger partial charge in [-0.2, -0.15) is 4.57 Å². The lowest BCUT2D eigenvalue weighted by Crippen LogP contribution is -2.29. The summed E-state index contributed by atoms with van der Waals surface area (Å²) < 4.78 is 2.11. The van der Waals surface area contributed by atoms with E-state index in [1.54, 1.807) is 0 Å². The topological polar surface area (TPSA) is 28.8 Å². The van der Waals surface area contributed by atoms with Crippen molar-refractivity contribution in [2.75, 3.05) is 11.9 Å². The van der Waals surface area contributed by atoms with E-state index in [1.165, 1.54) is 11.1 Å². The third-order valence-electron chi connectivity index (χ3n) is 3.39. The van der Waals surface area contributed by atoms with Gasteiger partial charge >= 0.3 is 0 Å². The first kappa shape index (κ1) is 13.3. The molecular formula is C18H18N3+. The molecule has 1 aromatic carbocycles. The van der Waals surface area contributed by atoms with Crippen LogP contribution < -0.4 is 9.88 Å². The maximum atomic E-state index is 4.05. The summed E-state index contributed by atoms with van der Waals surface area (Å²) in [5, 5.41) is 3.30. The highest BCUT2D eigenvalue weighted by atomic mass is 14.9. The minimum atomic E-state index is 0.938. The molecule has 0 aliphatic heterocycles. The Labute approximate surface area is 124 Å². The monoisotopic (exact) mass is 276 g/mol. The number of nitrogens with one attached hydrogen (secondary N) is 1. The van der Waals surface area contributed by atoms with Crippen molar-refractivity contribution in [3.8, 4) is 16.8 Å². The highest BCUT2D eigenvalue weighted by Crippen LogP contribution is 2.16. The lowest BCUT2D eigenvalue weighted by atomic mass is 10.1. The molecule has 104 valence electrons. The van der Waals surface area contributed by atoms with Gasteiger partial charge in [-0.05, 0) is 42.3 Å². The zero-order chi connectivity index (χ0) is 14.5. The molecule has 2 heterocycles. The Morgan fingerprint density at radius 3 is 2.10 bits per heavy atom. The van der Waals surface area contributed by atoms with Crippen LogP contribution in [-0.2, 0) is 0 Å². The van der Waals surface area contributed by atoms with Crippen molar-refractivity contribution in [3.05, 3.63) is 73.3 Å². The van der Waals surface area contributed by atoms with Gasteiger partial charge in [0.15, 0.2) is 12.4 Å². The summed E-state index contributed by atoms with van der Waals surface area (Å²) in [7, 11) is 0. The van der Waals surface area contributed by atoms with Gasteiger partial charge in [-0.1, -0.05) is 0 Å². The lowest BCUT2D eigenvalue weighted by Gasteiger charge is -2.03. The zero-order valence-corrected chi connectivity index (χ0v) is 12.0. The van der Waals surface area contributed by atoms with Crippen LogP contribution in [0, 0.1) is 0 Å². The van der Waals surface area contributed by atoms with Crippen LogP contribution in [0.5, 0.6) is 0 Å². The van der Waals surface area contributed by atoms with Crippen molar-refractivity contribution in [1.29, 1.82) is 0 Å². The molecule has 1 N–H and O–H groups in total. The second kappa shape index (κ2) is 6.18. The summed E-state index contributed by atoms with van der Waals surface area (Å²) in [5.41, 5.74) is 4.67. The van der Waals surface area contributed by atoms with Gasteiger partial charge in [-0.3, -0.25) is 4.98 Å². The first-order valence-corrected chi connectivity index (χ1v) is 7.13. The summed E-state index contributed by atoms with van der Waals surface area (Å²) >= 11 is 0. The standard InChI is InChI=1S/C18H18N3/c1-2-20-17-3-5-18(6-4-17)21-13-9-16(10-14-21)15-7-11-19-12-8-15/h3-14,20H,2H2,1H3/q+1. The van der Waals surface area contributed by atoms with Gasteiger partial charge in [0, 0.05) is 48.9 Å². The van der Waals surface area contributed by atoms with Crippen molar-refractivity contribution in [1.82, 2.24) is 4.98 Å². The lowest BCUT2D eigenvalue weighted by molar-refractivity contribution is -0.595. The molecule has 3 aromatic rings. The van der Waals surface area contributed by atoms with Crippen molar-refractivity contribution in [3.63, 3.8) is 0 Å². The fourth-order valence-electron chi connectivity index (χ4n) is 2.29. The maximum absolute atomic E-state index is 4.05. The van der Waals surface area contributed by atoms with E-state index in [2.05, 4.69) is 70.6 Å². The molecule has 2 aromatic heterocycles. The van der Waals surface area contributed by atoms with Gasteiger partial charge in [0.05, 0.1) is 0 Å². The third-order valence-corrected chi connectivity index (χ3v) is 3.39. The van der Waals surface area contributed by atoms with Crippen LogP contribution in [0.3, 0.4) is 0 Å². The molecule has 0 fully saturated rings. The van der Waals surface area contributed by atoms with Gasteiger partial charge in [0.2, 0.25) is 5.69 Å². The Morgan fingerprint density at radius 2 is 1.48 bits per heavy atom. The van der Waals surface area contributed by atoms with Crippen molar-refractivity contribution < 1.29 is 4.57 Å². The number of aromatic nitrogens is 2. The normalized spacial score (nSPS) is 10.3. The molecular weight excluding hydrogens is 258 g/mol. The molecule has 3 heteroatoms. The maximum Gasteiger partial charge on any atom is 0.210 e. The Kier molecular flexibility index (Phi) is 3.92. The quantitative estimate of drug-likeness (QED) is 0.739. The molecule has 0 aliphatic rings. The first-order valence-electron chi connectivity index (χ1n) is 7.13. The molecule has 0 unspecified atom stereocenters. The van der Waals surface area contributed by atoms with Crippen LogP contribution in [-0.4, -0.2) is 11.5 Å². The van der Waals surface area contributed by atoms with Gasteiger partial charge in [0.1, 0.15) is 0 Å². The molecule has 0 spiro atoms. The van der Waals surface area contributed by atoms with Gasteiger partial charge in [0.25, 0.3) is 0 Å². The molecule has 0 amide bonds. The number of benzene rings is 1. The van der Waals surface area contributed by atoms with Crippen LogP contribution in [0.2, 0.25) is 0 Å². The summed E-state index contributed by atoms with van der Waals surface area (Å²) in [4.78, 5) is 4.05. The second-order valence-electron chi connectivity index (χ2n) is 4.81. The smallest absolute Gasteiger partial charge is 0.210 e. The molecule has 0 radical (unpaired) electrons. The largest absolute Gasteiger partial charge is 0.385 e. The number of hydrogen-bond acceptors (Lipinski definition) is 2. The van der Waals surface area contributed by atoms with Crippen LogP contribution >= 0.6 is 0 Å². The molecule has 0 saturated carbocycles. The van der Waals surface area contributed by atoms with E-state index < -0.39 is 0 Å². The molecule has 3 nitrogen and oxygen atoms in total. The highest BCUT2D eigenvalue weighted by molar-refractivity contribution is 5.61. The average Bonchev–Trinajstić information content (AvgIpc) is 2.57. The van der Waals surface area contributed by atoms with Gasteiger partial charge in [-0.15, -0.1) is 0 Å². The highest BCUT2D eigenvalue weighted by Gasteiger charge is 2.06. The summed E-state index contributed by atoms with van der Waals surface area (Å²) in [6, 6.07) is 16.7. The average molecular weight is 276 g/mol. The molecule has 0 bridgehead atoms. The third kappa shape index (κ3) is 3.08. The number of anilines is 1. The summed E-state index contributed by atoms with van der Waals surface area (Å²) in [6.07, 6.45) is 7.79. The van der Waals surface area contributed by atoms with E-state index in [9.17, 15) is 0 Å². The fraction of sp³-hybridized carbons (Fsp3) is 0.111. The number of nitrogens with zero attached hydrogens (tertiary/aromatic N) is 2. The van der Waals surface area contributed by atoms with Crippen LogP contribution in [0.25, 0.3) is 16.8 Å². The van der Waals surface area contributed by atoms with Gasteiger partial charge < -0.3 is 5.32 Å². The Balaban J connectivity index is 1.84. The SMILES string of the molecule is CCNc1ccc(-[n+]2ccc(-c3ccncc3)cc2)cc1. The summed E-state index contributed by atoms with van der Waals surface area (Å²) in [6.45, 7) is 3.04. The van der Waals surface area contributed by atoms with Crippen molar-refractivity contribution in [2.24, 2.45) is 0 Å². The Morgan fingerprint density at radius 1 is 0.857 bits per heavy atom. The Bertz CT molecular complexity index is 689. The molecule has 3 rings (SSSR count). The Hall–Kier alpha value is -2.68. The first-order chi connectivity index (χ1) is 10.4. The van der Waals surface area contributed by atoms with E-state index in [4.69, 9.17) is 0 Å². The fourth-order valence-corrected chi connectivity index (χ4v) is 2.29. The van der Waals surface area contributed by atoms with Crippen LogP contribution in [0.15, 0.2) is 73.3 Å². The van der Waals surface area contributed by atoms with Crippen LogP contribution in [0.4, 0.5) is 5.69 Å². The van der Waals surface area contributed by atoms with Crippen LogP contribution in [0.1, 0.15) is 6.92 Å². The summed E-state index contributed by atoms with van der Waals surface area (Å²) in [5.74, 6) is 0. The predicted molar refractivity (Wildman–Crippen MR) is 85.4 cm³/mol. The minimum Gasteiger partial charge on any atom is -0.385 e. The number of hydrogen-bond donors (Lipinski definition) is 1. The number of rotatable bonds is 4. The van der Waals surface area contributed by atoms with E-state index >= 15 is 0 Å².